The van der Waals surface area contributed by atoms with Gasteiger partial charge < -0.3 is 20.0 Å². The lowest BCUT2D eigenvalue weighted by molar-refractivity contribution is -0.137. The first-order chi connectivity index (χ1) is 8.97. The van der Waals surface area contributed by atoms with Gasteiger partial charge in [-0.25, -0.2) is 4.79 Å². The van der Waals surface area contributed by atoms with Crippen molar-refractivity contribution in [3.8, 4) is 0 Å². The van der Waals surface area contributed by atoms with Crippen LogP contribution in [0.2, 0.25) is 0 Å². The molecule has 0 aromatic rings. The number of piperidine rings is 1. The Bertz CT molecular complexity index is 320. The highest BCUT2D eigenvalue weighted by molar-refractivity contribution is 5.76. The molecule has 110 valence electrons. The average molecular weight is 272 g/mol. The van der Waals surface area contributed by atoms with E-state index >= 15 is 0 Å². The number of nitrogens with zero attached hydrogens (tertiary/aromatic N) is 2. The van der Waals surface area contributed by atoms with Crippen molar-refractivity contribution in [2.75, 3.05) is 19.7 Å². The van der Waals surface area contributed by atoms with Crippen LogP contribution in [-0.4, -0.2) is 63.8 Å². The average Bonchev–Trinajstić information content (AvgIpc) is 2.37. The summed E-state index contributed by atoms with van der Waals surface area (Å²) >= 11 is 0. The van der Waals surface area contributed by atoms with Gasteiger partial charge in [-0.2, -0.15) is 0 Å². The monoisotopic (exact) mass is 272 g/mol. The molecular weight excluding hydrogens is 248 g/mol. The van der Waals surface area contributed by atoms with E-state index in [4.69, 9.17) is 5.11 Å². The molecule has 1 aliphatic rings. The van der Waals surface area contributed by atoms with Gasteiger partial charge in [0.15, 0.2) is 0 Å². The minimum absolute atomic E-state index is 0.0311. The Balaban J connectivity index is 2.71. The van der Waals surface area contributed by atoms with Crippen LogP contribution in [0, 0.1) is 0 Å². The number of carbonyl (C=O) groups is 2. The SMILES string of the molecule is CC(C)N(CCC(=O)O)C(=O)N1CCCCC1CO. The molecule has 1 rings (SSSR count). The van der Waals surface area contributed by atoms with Crippen LogP contribution in [0.5, 0.6) is 0 Å². The molecule has 1 heterocycles. The number of carbonyl (C=O) groups excluding carboxylic acids is 1. The van der Waals surface area contributed by atoms with Crippen molar-refractivity contribution >= 4 is 12.0 Å². The molecule has 1 fully saturated rings. The van der Waals surface area contributed by atoms with E-state index in [0.717, 1.165) is 19.3 Å². The highest BCUT2D eigenvalue weighted by Gasteiger charge is 2.30. The molecule has 0 radical (unpaired) electrons. The van der Waals surface area contributed by atoms with Gasteiger partial charge in [-0.05, 0) is 33.1 Å². The minimum Gasteiger partial charge on any atom is -0.481 e. The van der Waals surface area contributed by atoms with E-state index in [1.807, 2.05) is 13.8 Å². The highest BCUT2D eigenvalue weighted by Crippen LogP contribution is 2.19. The van der Waals surface area contributed by atoms with Gasteiger partial charge in [-0.1, -0.05) is 0 Å². The third kappa shape index (κ3) is 4.38. The fraction of sp³-hybridized carbons (Fsp3) is 0.846. The van der Waals surface area contributed by atoms with Crippen molar-refractivity contribution < 1.29 is 19.8 Å². The van der Waals surface area contributed by atoms with Gasteiger partial charge in [0.1, 0.15) is 0 Å². The van der Waals surface area contributed by atoms with Gasteiger partial charge in [0.05, 0.1) is 19.1 Å². The zero-order valence-corrected chi connectivity index (χ0v) is 11.7. The molecule has 1 atom stereocenters. The van der Waals surface area contributed by atoms with Crippen molar-refractivity contribution in [2.45, 2.75) is 51.6 Å². The summed E-state index contributed by atoms with van der Waals surface area (Å²) < 4.78 is 0. The number of likely N-dealkylation sites (tertiary alicyclic amines) is 1. The Kier molecular flexibility index (Phi) is 6.08. The lowest BCUT2D eigenvalue weighted by Crippen LogP contribution is -2.53. The fourth-order valence-electron chi connectivity index (χ4n) is 2.40. The molecule has 0 saturated carbocycles. The van der Waals surface area contributed by atoms with E-state index in [1.54, 1.807) is 9.80 Å². The van der Waals surface area contributed by atoms with Crippen molar-refractivity contribution in [3.63, 3.8) is 0 Å². The summed E-state index contributed by atoms with van der Waals surface area (Å²) in [7, 11) is 0. The number of carboxylic acid groups (broad SMARTS) is 1. The van der Waals surface area contributed by atoms with E-state index < -0.39 is 5.97 Å². The molecule has 0 aromatic carbocycles. The maximum Gasteiger partial charge on any atom is 0.320 e. The van der Waals surface area contributed by atoms with Crippen LogP contribution < -0.4 is 0 Å². The second-order valence-electron chi connectivity index (χ2n) is 5.24. The summed E-state index contributed by atoms with van der Waals surface area (Å²) in [6.45, 7) is 4.56. The van der Waals surface area contributed by atoms with Crippen LogP contribution >= 0.6 is 0 Å². The first-order valence-corrected chi connectivity index (χ1v) is 6.87. The molecule has 2 N–H and O–H groups in total. The molecule has 19 heavy (non-hydrogen) atoms. The predicted octanol–water partition coefficient (Wildman–Crippen LogP) is 1.14. The van der Waals surface area contributed by atoms with Crippen molar-refractivity contribution in [1.29, 1.82) is 0 Å². The number of hydrogen-bond donors (Lipinski definition) is 2. The standard InChI is InChI=1S/C13H24N2O4/c1-10(2)14(8-6-12(17)18)13(19)15-7-4-3-5-11(15)9-16/h10-11,16H,3-9H2,1-2H3,(H,17,18). The highest BCUT2D eigenvalue weighted by atomic mass is 16.4. The van der Waals surface area contributed by atoms with E-state index in [1.165, 1.54) is 0 Å². The molecule has 1 saturated heterocycles. The number of rotatable bonds is 5. The normalized spacial score (nSPS) is 19.6. The quantitative estimate of drug-likeness (QED) is 0.786. The van der Waals surface area contributed by atoms with Gasteiger partial charge in [-0.3, -0.25) is 4.79 Å². The summed E-state index contributed by atoms with van der Waals surface area (Å²) in [5, 5.41) is 18.1. The summed E-state index contributed by atoms with van der Waals surface area (Å²) in [6.07, 6.45) is 2.72. The van der Waals surface area contributed by atoms with Crippen molar-refractivity contribution in [2.24, 2.45) is 0 Å². The van der Waals surface area contributed by atoms with Crippen LogP contribution in [0.15, 0.2) is 0 Å². The zero-order chi connectivity index (χ0) is 14.4. The maximum absolute atomic E-state index is 12.5. The number of aliphatic carboxylic acids is 1. The third-order valence-electron chi connectivity index (χ3n) is 3.52. The molecule has 0 bridgehead atoms. The Morgan fingerprint density at radius 1 is 1.37 bits per heavy atom. The molecular formula is C13H24N2O4. The number of urea groups is 1. The van der Waals surface area contributed by atoms with Crippen molar-refractivity contribution in [3.05, 3.63) is 0 Å². The molecule has 0 aliphatic carbocycles. The summed E-state index contributed by atoms with van der Waals surface area (Å²) in [4.78, 5) is 26.4. The van der Waals surface area contributed by atoms with Crippen LogP contribution in [0.1, 0.15) is 39.5 Å². The largest absolute Gasteiger partial charge is 0.481 e. The van der Waals surface area contributed by atoms with E-state index in [-0.39, 0.29) is 37.7 Å². The zero-order valence-electron chi connectivity index (χ0n) is 11.7. The summed E-state index contributed by atoms with van der Waals surface area (Å²) in [6, 6.07) is -0.338. The van der Waals surface area contributed by atoms with Crippen LogP contribution in [0.4, 0.5) is 4.79 Å². The van der Waals surface area contributed by atoms with Crippen molar-refractivity contribution in [1.82, 2.24) is 9.80 Å². The van der Waals surface area contributed by atoms with Crippen LogP contribution in [0.3, 0.4) is 0 Å². The van der Waals surface area contributed by atoms with E-state index in [9.17, 15) is 14.7 Å². The maximum atomic E-state index is 12.5. The van der Waals surface area contributed by atoms with Crippen LogP contribution in [0.25, 0.3) is 0 Å². The Morgan fingerprint density at radius 2 is 2.05 bits per heavy atom. The molecule has 1 aliphatic heterocycles. The Labute approximate surface area is 114 Å². The van der Waals surface area contributed by atoms with Crippen LogP contribution in [-0.2, 0) is 4.79 Å². The second-order valence-corrected chi connectivity index (χ2v) is 5.24. The molecule has 6 nitrogen and oxygen atoms in total. The molecule has 0 spiro atoms. The number of aliphatic hydroxyl groups is 1. The molecule has 1 unspecified atom stereocenters. The fourth-order valence-corrected chi connectivity index (χ4v) is 2.40. The Hall–Kier alpha value is -1.30. The first-order valence-electron chi connectivity index (χ1n) is 6.87. The third-order valence-corrected chi connectivity index (χ3v) is 3.52. The number of carboxylic acids is 1. The lowest BCUT2D eigenvalue weighted by atomic mass is 10.0. The predicted molar refractivity (Wildman–Crippen MR) is 70.9 cm³/mol. The van der Waals surface area contributed by atoms with Gasteiger partial charge >= 0.3 is 12.0 Å². The lowest BCUT2D eigenvalue weighted by Gasteiger charge is -2.39. The molecule has 2 amide bonds. The first kappa shape index (κ1) is 15.8. The second kappa shape index (κ2) is 7.33. The molecule has 0 aromatic heterocycles. The van der Waals surface area contributed by atoms with E-state index in [2.05, 4.69) is 0 Å². The van der Waals surface area contributed by atoms with Gasteiger partial charge in [0, 0.05) is 19.1 Å². The Morgan fingerprint density at radius 3 is 2.58 bits per heavy atom. The smallest absolute Gasteiger partial charge is 0.320 e. The summed E-state index contributed by atoms with van der Waals surface area (Å²) in [5.41, 5.74) is 0. The van der Waals surface area contributed by atoms with E-state index in [0.29, 0.717) is 6.54 Å². The number of amides is 2. The summed E-state index contributed by atoms with van der Waals surface area (Å²) in [5.74, 6) is -0.907. The minimum atomic E-state index is -0.907. The van der Waals surface area contributed by atoms with Gasteiger partial charge in [-0.15, -0.1) is 0 Å². The van der Waals surface area contributed by atoms with Gasteiger partial charge in [0.2, 0.25) is 0 Å². The number of hydrogen-bond acceptors (Lipinski definition) is 3. The topological polar surface area (TPSA) is 81.1 Å². The molecule has 6 heteroatoms. The van der Waals surface area contributed by atoms with Gasteiger partial charge in [0.25, 0.3) is 0 Å². The number of aliphatic hydroxyl groups excluding tert-OH is 1.